The number of fused-ring (bicyclic) bond motifs is 3. The van der Waals surface area contributed by atoms with Crippen LogP contribution in [0.2, 0.25) is 0 Å². The molecular weight excluding hydrogens is 553 g/mol. The Labute approximate surface area is 236 Å². The Morgan fingerprint density at radius 2 is 1.71 bits per heavy atom. The molecule has 1 aliphatic carbocycles. The maximum atomic E-state index is 13.4. The zero-order valence-electron chi connectivity index (χ0n) is 21.6. The third-order valence-electron chi connectivity index (χ3n) is 6.34. The number of hydrogen-bond acceptors (Lipinski definition) is 7. The van der Waals surface area contributed by atoms with Gasteiger partial charge in [-0.2, -0.15) is 0 Å². The van der Waals surface area contributed by atoms with Crippen molar-refractivity contribution in [3.63, 3.8) is 0 Å². The molecule has 1 amide bonds. The van der Waals surface area contributed by atoms with Crippen molar-refractivity contribution < 1.29 is 18.4 Å². The zero-order chi connectivity index (χ0) is 26.7. The molecule has 9 heteroatoms. The molecule has 5 rings (SSSR count). The predicted octanol–water partition coefficient (Wildman–Crippen LogP) is 8.98. The van der Waals surface area contributed by atoms with Crippen molar-refractivity contribution in [1.82, 2.24) is 0 Å². The largest absolute Gasteiger partial charge is 0.335 e. The van der Waals surface area contributed by atoms with E-state index in [0.29, 0.717) is 18.9 Å². The van der Waals surface area contributed by atoms with E-state index in [-0.39, 0.29) is 12.1 Å². The summed E-state index contributed by atoms with van der Waals surface area (Å²) in [4.78, 5) is 16.8. The lowest BCUT2D eigenvalue weighted by atomic mass is 9.92. The predicted molar refractivity (Wildman–Crippen MR) is 161 cm³/mol. The summed E-state index contributed by atoms with van der Waals surface area (Å²) in [5.74, 6) is -0.0862. The minimum Gasteiger partial charge on any atom is -0.321 e. The highest BCUT2D eigenvalue weighted by atomic mass is 32.2. The summed E-state index contributed by atoms with van der Waals surface area (Å²) < 4.78 is 24.9. The minimum absolute atomic E-state index is 0.0862. The van der Waals surface area contributed by atoms with Gasteiger partial charge in [0.1, 0.15) is 0 Å². The minimum atomic E-state index is -3.18. The van der Waals surface area contributed by atoms with Crippen molar-refractivity contribution in [2.45, 2.75) is 37.1 Å². The molecule has 4 aromatic rings. The monoisotopic (exact) mass is 583 g/mol. The first-order valence-corrected chi connectivity index (χ1v) is 17.2. The molecule has 198 valence electrons. The first-order chi connectivity index (χ1) is 18.4. The van der Waals surface area contributed by atoms with E-state index in [4.69, 9.17) is 9.05 Å². The number of rotatable bonds is 10. The number of carbonyl (C=O) groups excluding carboxylic acids is 1. The van der Waals surface area contributed by atoms with Gasteiger partial charge in [-0.15, -0.1) is 34.4 Å². The zero-order valence-corrected chi connectivity index (χ0v) is 25.0. The molecule has 2 heterocycles. The second-order valence-corrected chi connectivity index (χ2v) is 14.1. The van der Waals surface area contributed by atoms with E-state index in [2.05, 4.69) is 41.9 Å². The Morgan fingerprint density at radius 3 is 2.37 bits per heavy atom. The van der Waals surface area contributed by atoms with Crippen molar-refractivity contribution in [2.75, 3.05) is 24.8 Å². The maximum absolute atomic E-state index is 13.4. The molecule has 2 aromatic carbocycles. The number of hydrogen-bond donors (Lipinski definition) is 1. The lowest BCUT2D eigenvalue weighted by molar-refractivity contribution is 0.102. The Bertz CT molecular complexity index is 1470. The van der Waals surface area contributed by atoms with Gasteiger partial charge in [0.2, 0.25) is 0 Å². The van der Waals surface area contributed by atoms with Crippen LogP contribution in [0.1, 0.15) is 40.2 Å². The van der Waals surface area contributed by atoms with Crippen LogP contribution in [0.5, 0.6) is 0 Å². The molecule has 1 N–H and O–H groups in total. The highest BCUT2D eigenvalue weighted by Gasteiger charge is 2.30. The Hall–Kier alpha value is -2.19. The fourth-order valence-corrected chi connectivity index (χ4v) is 9.82. The van der Waals surface area contributed by atoms with Crippen molar-refractivity contribution in [2.24, 2.45) is 0 Å². The molecule has 0 unspecified atom stereocenters. The Balaban J connectivity index is 1.37. The molecular formula is C29H30NO4PS3. The van der Waals surface area contributed by atoms with Gasteiger partial charge in [0.05, 0.1) is 28.5 Å². The second kappa shape index (κ2) is 11.9. The third-order valence-corrected chi connectivity index (χ3v) is 12.0. The van der Waals surface area contributed by atoms with Crippen LogP contribution in [-0.2, 0) is 32.6 Å². The average Bonchev–Trinajstić information content (AvgIpc) is 3.52. The molecule has 1 aliphatic rings. The molecule has 0 radical (unpaired) electrons. The smallest absolute Gasteiger partial charge is 0.321 e. The number of aryl methyl sites for hydroxylation is 1. The number of thiophene rings is 2. The van der Waals surface area contributed by atoms with Gasteiger partial charge < -0.3 is 14.4 Å². The highest BCUT2D eigenvalue weighted by molar-refractivity contribution is 8.00. The normalized spacial score (nSPS) is 12.7. The fraction of sp³-hybridized carbons (Fsp3) is 0.276. The molecule has 0 saturated carbocycles. The van der Waals surface area contributed by atoms with E-state index in [1.165, 1.54) is 30.7 Å². The SMILES string of the molecule is CCOP(=O)(Cc1ccc(NC(=O)c2sc(SC)c3c2CCc2cc(-c4ccccc4)sc2-3)cc1)OCC. The second-order valence-electron chi connectivity index (χ2n) is 8.86. The number of anilines is 1. The van der Waals surface area contributed by atoms with Crippen LogP contribution >= 0.6 is 42.0 Å². The number of amides is 1. The molecule has 0 fully saturated rings. The molecule has 0 spiro atoms. The van der Waals surface area contributed by atoms with Gasteiger partial charge in [-0.3, -0.25) is 9.36 Å². The standard InChI is InChI=1S/C29H30NO4PS3/c1-4-33-35(32,34-5-2)18-19-11-14-22(15-12-19)30-28(31)27-23-16-13-21-17-24(20-9-7-6-8-10-20)37-26(21)25(23)29(36-3)38-27/h6-12,14-15,17H,4-5,13,16,18H2,1-3H3,(H,30,31). The Morgan fingerprint density at radius 1 is 1.00 bits per heavy atom. The van der Waals surface area contributed by atoms with Crippen LogP contribution in [0, 0.1) is 0 Å². The molecule has 0 aliphatic heterocycles. The van der Waals surface area contributed by atoms with E-state index in [9.17, 15) is 9.36 Å². The topological polar surface area (TPSA) is 64.6 Å². The van der Waals surface area contributed by atoms with E-state index in [1.54, 1.807) is 36.9 Å². The summed E-state index contributed by atoms with van der Waals surface area (Å²) in [6, 6.07) is 20.2. The third kappa shape index (κ3) is 5.71. The first kappa shape index (κ1) is 27.4. The fourth-order valence-electron chi connectivity index (χ4n) is 4.69. The summed E-state index contributed by atoms with van der Waals surface area (Å²) in [7, 11) is -3.18. The maximum Gasteiger partial charge on any atom is 0.335 e. The van der Waals surface area contributed by atoms with Gasteiger partial charge in [-0.05, 0) is 73.4 Å². The lowest BCUT2D eigenvalue weighted by Gasteiger charge is -2.17. The van der Waals surface area contributed by atoms with E-state index in [1.807, 2.05) is 41.7 Å². The van der Waals surface area contributed by atoms with Crippen LogP contribution in [0.15, 0.2) is 64.9 Å². The highest BCUT2D eigenvalue weighted by Crippen LogP contribution is 2.52. The van der Waals surface area contributed by atoms with Gasteiger partial charge in [-0.1, -0.05) is 42.5 Å². The Kier molecular flexibility index (Phi) is 8.58. The number of carbonyl (C=O) groups is 1. The number of thioether (sulfide) groups is 1. The van der Waals surface area contributed by atoms with Crippen LogP contribution in [0.25, 0.3) is 20.9 Å². The van der Waals surface area contributed by atoms with E-state index >= 15 is 0 Å². The lowest BCUT2D eigenvalue weighted by Crippen LogP contribution is -2.13. The van der Waals surface area contributed by atoms with Gasteiger partial charge in [0, 0.05) is 21.0 Å². The molecule has 0 bridgehead atoms. The number of nitrogens with one attached hydrogen (secondary N) is 1. The van der Waals surface area contributed by atoms with E-state index in [0.717, 1.165) is 28.8 Å². The molecule has 2 aromatic heterocycles. The van der Waals surface area contributed by atoms with Crippen LogP contribution in [-0.4, -0.2) is 25.4 Å². The summed E-state index contributed by atoms with van der Waals surface area (Å²) in [6.45, 7) is 4.26. The number of benzene rings is 2. The van der Waals surface area contributed by atoms with Crippen LogP contribution in [0.3, 0.4) is 0 Å². The summed E-state index contributed by atoms with van der Waals surface area (Å²) in [5, 5.41) is 3.08. The molecule has 5 nitrogen and oxygen atoms in total. The average molecular weight is 584 g/mol. The van der Waals surface area contributed by atoms with E-state index < -0.39 is 7.60 Å². The van der Waals surface area contributed by atoms with Crippen molar-refractivity contribution >= 4 is 53.6 Å². The van der Waals surface area contributed by atoms with Crippen LogP contribution < -0.4 is 5.32 Å². The quantitative estimate of drug-likeness (QED) is 0.149. The first-order valence-electron chi connectivity index (χ1n) is 12.6. The molecule has 38 heavy (non-hydrogen) atoms. The van der Waals surface area contributed by atoms with Gasteiger partial charge in [-0.25, -0.2) is 0 Å². The molecule has 0 saturated heterocycles. The van der Waals surface area contributed by atoms with Crippen molar-refractivity contribution in [3.05, 3.63) is 82.2 Å². The summed E-state index contributed by atoms with van der Waals surface area (Å²) >= 11 is 5.11. The van der Waals surface area contributed by atoms with Gasteiger partial charge in [0.25, 0.3) is 5.91 Å². The summed E-state index contributed by atoms with van der Waals surface area (Å²) in [5.41, 5.74) is 6.53. The van der Waals surface area contributed by atoms with Crippen molar-refractivity contribution in [1.29, 1.82) is 0 Å². The summed E-state index contributed by atoms with van der Waals surface area (Å²) in [6.07, 6.45) is 4.07. The van der Waals surface area contributed by atoms with Crippen LogP contribution in [0.4, 0.5) is 5.69 Å². The van der Waals surface area contributed by atoms with Gasteiger partial charge >= 0.3 is 7.60 Å². The van der Waals surface area contributed by atoms with Crippen molar-refractivity contribution in [3.8, 4) is 20.9 Å². The van der Waals surface area contributed by atoms with Gasteiger partial charge in [0.15, 0.2) is 0 Å². The molecule has 0 atom stereocenters.